The predicted octanol–water partition coefficient (Wildman–Crippen LogP) is 4.75. The van der Waals surface area contributed by atoms with E-state index in [1.165, 1.54) is 15.8 Å². The first-order valence-electron chi connectivity index (χ1n) is 8.19. The molecular formula is C21H18N2OS. The van der Waals surface area contributed by atoms with E-state index >= 15 is 0 Å². The lowest BCUT2D eigenvalue weighted by atomic mass is 10.0. The average Bonchev–Trinajstić information content (AvgIpc) is 2.95. The van der Waals surface area contributed by atoms with Gasteiger partial charge in [0.25, 0.3) is 5.91 Å². The van der Waals surface area contributed by atoms with Crippen molar-refractivity contribution in [2.24, 2.45) is 12.0 Å². The highest BCUT2D eigenvalue weighted by Gasteiger charge is 2.12. The molecule has 0 spiro atoms. The number of rotatable bonds is 1. The van der Waals surface area contributed by atoms with Gasteiger partial charge in [-0.2, -0.15) is 4.99 Å². The Morgan fingerprint density at radius 2 is 1.68 bits per heavy atom. The molecule has 0 saturated heterocycles. The molecule has 25 heavy (non-hydrogen) atoms. The van der Waals surface area contributed by atoms with Crippen LogP contribution in [0.1, 0.15) is 21.5 Å². The summed E-state index contributed by atoms with van der Waals surface area (Å²) in [5.41, 5.74) is 4.19. The van der Waals surface area contributed by atoms with Crippen molar-refractivity contribution in [2.75, 3.05) is 0 Å². The molecule has 4 aromatic rings. The number of amides is 1. The summed E-state index contributed by atoms with van der Waals surface area (Å²) in [6.07, 6.45) is 0. The Hall–Kier alpha value is -2.72. The first kappa shape index (κ1) is 15.8. The predicted molar refractivity (Wildman–Crippen MR) is 104 cm³/mol. The van der Waals surface area contributed by atoms with Crippen LogP contribution in [0.2, 0.25) is 0 Å². The summed E-state index contributed by atoms with van der Waals surface area (Å²) in [4.78, 5) is 18.0. The minimum absolute atomic E-state index is 0.200. The maximum atomic E-state index is 12.9. The van der Waals surface area contributed by atoms with Crippen LogP contribution in [0.25, 0.3) is 21.0 Å². The Balaban J connectivity index is 1.93. The van der Waals surface area contributed by atoms with Crippen LogP contribution in [-0.2, 0) is 7.05 Å². The highest BCUT2D eigenvalue weighted by molar-refractivity contribution is 7.16. The molecule has 0 fully saturated rings. The number of hydrogen-bond donors (Lipinski definition) is 0. The van der Waals surface area contributed by atoms with Gasteiger partial charge in [0.05, 0.1) is 10.2 Å². The molecule has 1 heterocycles. The van der Waals surface area contributed by atoms with Gasteiger partial charge in [-0.3, -0.25) is 4.79 Å². The Labute approximate surface area is 149 Å². The molecule has 4 heteroatoms. The lowest BCUT2D eigenvalue weighted by molar-refractivity contribution is 0.0999. The van der Waals surface area contributed by atoms with E-state index in [-0.39, 0.29) is 5.91 Å². The van der Waals surface area contributed by atoms with E-state index in [1.807, 2.05) is 54.1 Å². The summed E-state index contributed by atoms with van der Waals surface area (Å²) in [6, 6.07) is 17.9. The van der Waals surface area contributed by atoms with Crippen molar-refractivity contribution in [1.29, 1.82) is 0 Å². The Kier molecular flexibility index (Phi) is 3.77. The van der Waals surface area contributed by atoms with Crippen LogP contribution in [0.3, 0.4) is 0 Å². The van der Waals surface area contributed by atoms with Crippen molar-refractivity contribution in [3.63, 3.8) is 0 Å². The lowest BCUT2D eigenvalue weighted by Crippen LogP contribution is -2.13. The average molecular weight is 346 g/mol. The van der Waals surface area contributed by atoms with Gasteiger partial charge in [-0.15, -0.1) is 0 Å². The second kappa shape index (κ2) is 5.97. The molecule has 0 aliphatic rings. The van der Waals surface area contributed by atoms with E-state index in [1.54, 1.807) is 11.3 Å². The summed E-state index contributed by atoms with van der Waals surface area (Å²) in [7, 11) is 1.97. The molecule has 1 amide bonds. The quantitative estimate of drug-likeness (QED) is 0.490. The highest BCUT2D eigenvalue weighted by Crippen LogP contribution is 2.24. The van der Waals surface area contributed by atoms with Crippen LogP contribution >= 0.6 is 11.3 Å². The first-order valence-corrected chi connectivity index (χ1v) is 9.00. The SMILES string of the molecule is Cc1ccc(C)c2c1sc(=NC(=O)c1cccc3ccccc13)n2C. The van der Waals surface area contributed by atoms with Gasteiger partial charge in [-0.25, -0.2) is 0 Å². The summed E-state index contributed by atoms with van der Waals surface area (Å²) >= 11 is 1.57. The van der Waals surface area contributed by atoms with Gasteiger partial charge < -0.3 is 4.57 Å². The summed E-state index contributed by atoms with van der Waals surface area (Å²) < 4.78 is 3.21. The molecule has 0 unspecified atom stereocenters. The fourth-order valence-corrected chi connectivity index (χ4v) is 4.39. The maximum Gasteiger partial charge on any atom is 0.280 e. The van der Waals surface area contributed by atoms with Gasteiger partial charge in [0, 0.05) is 12.6 Å². The highest BCUT2D eigenvalue weighted by atomic mass is 32.1. The van der Waals surface area contributed by atoms with Crippen molar-refractivity contribution in [3.8, 4) is 0 Å². The fourth-order valence-electron chi connectivity index (χ4n) is 3.23. The minimum Gasteiger partial charge on any atom is -0.319 e. The van der Waals surface area contributed by atoms with E-state index in [0.29, 0.717) is 5.56 Å². The number of nitrogens with zero attached hydrogens (tertiary/aromatic N) is 2. The molecule has 124 valence electrons. The Bertz CT molecular complexity index is 1190. The number of thiazole rings is 1. The molecule has 3 aromatic carbocycles. The molecule has 0 atom stereocenters. The van der Waals surface area contributed by atoms with Gasteiger partial charge in [-0.1, -0.05) is 59.9 Å². The van der Waals surface area contributed by atoms with Crippen molar-refractivity contribution in [2.45, 2.75) is 13.8 Å². The molecule has 1 aromatic heterocycles. The molecular weight excluding hydrogens is 328 g/mol. The zero-order valence-electron chi connectivity index (χ0n) is 14.4. The largest absolute Gasteiger partial charge is 0.319 e. The zero-order valence-corrected chi connectivity index (χ0v) is 15.2. The van der Waals surface area contributed by atoms with Crippen molar-refractivity contribution in [3.05, 3.63) is 76.1 Å². The monoisotopic (exact) mass is 346 g/mol. The minimum atomic E-state index is -0.200. The number of benzene rings is 3. The van der Waals surface area contributed by atoms with Crippen LogP contribution in [-0.4, -0.2) is 10.5 Å². The summed E-state index contributed by atoms with van der Waals surface area (Å²) in [6.45, 7) is 4.18. The summed E-state index contributed by atoms with van der Waals surface area (Å²) in [5.74, 6) is -0.200. The molecule has 0 aliphatic carbocycles. The maximum absolute atomic E-state index is 12.9. The molecule has 0 saturated carbocycles. The van der Waals surface area contributed by atoms with Gasteiger partial charge in [0.1, 0.15) is 0 Å². The first-order chi connectivity index (χ1) is 12.1. The third-order valence-corrected chi connectivity index (χ3v) is 5.83. The standard InChI is InChI=1S/C21H18N2OS/c1-13-11-12-14(2)19-18(13)23(3)21(25-19)22-20(24)17-10-6-8-15-7-4-5-9-16(15)17/h4-12H,1-3H3. The van der Waals surface area contributed by atoms with Crippen LogP contribution in [0.4, 0.5) is 0 Å². The smallest absolute Gasteiger partial charge is 0.280 e. The normalized spacial score (nSPS) is 12.2. The molecule has 0 aliphatic heterocycles. The van der Waals surface area contributed by atoms with E-state index in [2.05, 4.69) is 31.0 Å². The number of fused-ring (bicyclic) bond motifs is 2. The van der Waals surface area contributed by atoms with Gasteiger partial charge >= 0.3 is 0 Å². The van der Waals surface area contributed by atoms with Gasteiger partial charge in [0.2, 0.25) is 0 Å². The zero-order chi connectivity index (χ0) is 17.6. The Morgan fingerprint density at radius 1 is 0.960 bits per heavy atom. The molecule has 4 rings (SSSR count). The molecule has 0 bridgehead atoms. The number of carbonyl (C=O) groups excluding carboxylic acids is 1. The second-order valence-corrected chi connectivity index (χ2v) is 7.24. The third-order valence-electron chi connectivity index (χ3n) is 4.56. The molecule has 3 nitrogen and oxygen atoms in total. The number of hydrogen-bond acceptors (Lipinski definition) is 2. The second-order valence-electron chi connectivity index (χ2n) is 6.26. The van der Waals surface area contributed by atoms with E-state index < -0.39 is 0 Å². The summed E-state index contributed by atoms with van der Waals surface area (Å²) in [5, 5.41) is 1.99. The van der Waals surface area contributed by atoms with E-state index in [4.69, 9.17) is 0 Å². The van der Waals surface area contributed by atoms with Crippen molar-refractivity contribution >= 4 is 38.2 Å². The van der Waals surface area contributed by atoms with Crippen LogP contribution < -0.4 is 4.80 Å². The van der Waals surface area contributed by atoms with Gasteiger partial charge in [-0.05, 0) is 41.8 Å². The topological polar surface area (TPSA) is 34.4 Å². The van der Waals surface area contributed by atoms with E-state index in [9.17, 15) is 4.79 Å². The number of aryl methyl sites for hydroxylation is 3. The fraction of sp³-hybridized carbons (Fsp3) is 0.143. The number of carbonyl (C=O) groups is 1. The van der Waals surface area contributed by atoms with Crippen LogP contribution in [0.5, 0.6) is 0 Å². The number of aromatic nitrogens is 1. The van der Waals surface area contributed by atoms with E-state index in [0.717, 1.165) is 21.1 Å². The molecule has 0 radical (unpaired) electrons. The third kappa shape index (κ3) is 2.59. The lowest BCUT2D eigenvalue weighted by Gasteiger charge is -2.03. The molecule has 0 N–H and O–H groups in total. The van der Waals surface area contributed by atoms with Crippen LogP contribution in [0.15, 0.2) is 59.6 Å². The Morgan fingerprint density at radius 3 is 2.48 bits per heavy atom. The van der Waals surface area contributed by atoms with Crippen molar-refractivity contribution < 1.29 is 4.79 Å². The van der Waals surface area contributed by atoms with Crippen LogP contribution in [0, 0.1) is 13.8 Å². The van der Waals surface area contributed by atoms with Crippen molar-refractivity contribution in [1.82, 2.24) is 4.57 Å². The van der Waals surface area contributed by atoms with Gasteiger partial charge in [0.15, 0.2) is 4.80 Å².